The van der Waals surface area contributed by atoms with Crippen LogP contribution in [0.4, 0.5) is 5.69 Å². The number of nitrogens with zero attached hydrogens (tertiary/aromatic N) is 2. The van der Waals surface area contributed by atoms with E-state index in [-0.39, 0.29) is 11.7 Å². The summed E-state index contributed by atoms with van der Waals surface area (Å²) >= 11 is 1.40. The molecule has 0 fully saturated rings. The first kappa shape index (κ1) is 16.4. The second-order valence-electron chi connectivity index (χ2n) is 5.31. The molecular formula is C15H20N4O2S. The smallest absolute Gasteiger partial charge is 0.227 e. The van der Waals surface area contributed by atoms with Gasteiger partial charge in [-0.2, -0.15) is 4.98 Å². The van der Waals surface area contributed by atoms with E-state index in [1.165, 1.54) is 11.8 Å². The summed E-state index contributed by atoms with van der Waals surface area (Å²) in [6.07, 6.45) is 0.776. The van der Waals surface area contributed by atoms with Gasteiger partial charge in [-0.3, -0.25) is 4.79 Å². The summed E-state index contributed by atoms with van der Waals surface area (Å²) in [5.74, 6) is 1.66. The Labute approximate surface area is 133 Å². The number of rotatable bonds is 8. The maximum Gasteiger partial charge on any atom is 0.227 e. The molecule has 7 heteroatoms. The Bertz CT molecular complexity index is 628. The molecule has 0 saturated carbocycles. The van der Waals surface area contributed by atoms with Crippen LogP contribution in [0.1, 0.15) is 25.6 Å². The van der Waals surface area contributed by atoms with Gasteiger partial charge in [0.1, 0.15) is 0 Å². The van der Waals surface area contributed by atoms with Gasteiger partial charge in [0.2, 0.25) is 11.8 Å². The van der Waals surface area contributed by atoms with Crippen LogP contribution >= 0.6 is 11.8 Å². The van der Waals surface area contributed by atoms with Gasteiger partial charge in [0, 0.05) is 17.0 Å². The molecule has 0 unspecified atom stereocenters. The predicted molar refractivity (Wildman–Crippen MR) is 86.5 cm³/mol. The van der Waals surface area contributed by atoms with Crippen molar-refractivity contribution < 1.29 is 9.32 Å². The van der Waals surface area contributed by atoms with Gasteiger partial charge in [-0.1, -0.05) is 31.1 Å². The lowest BCUT2D eigenvalue weighted by Gasteiger charge is -2.09. The number of thioether (sulfide) groups is 1. The molecule has 22 heavy (non-hydrogen) atoms. The third kappa shape index (κ3) is 5.07. The van der Waals surface area contributed by atoms with Crippen LogP contribution in [0.5, 0.6) is 0 Å². The highest BCUT2D eigenvalue weighted by molar-refractivity contribution is 8.00. The topological polar surface area (TPSA) is 94.0 Å². The van der Waals surface area contributed by atoms with E-state index in [0.717, 1.165) is 17.0 Å². The van der Waals surface area contributed by atoms with Crippen molar-refractivity contribution in [3.63, 3.8) is 0 Å². The minimum atomic E-state index is -0.337. The Kier molecular flexibility index (Phi) is 5.83. The quantitative estimate of drug-likeness (QED) is 0.726. The second kappa shape index (κ2) is 7.84. The van der Waals surface area contributed by atoms with Crippen LogP contribution in [0.15, 0.2) is 33.7 Å². The van der Waals surface area contributed by atoms with E-state index in [0.29, 0.717) is 24.2 Å². The van der Waals surface area contributed by atoms with Crippen molar-refractivity contribution in [2.75, 3.05) is 11.1 Å². The molecule has 3 N–H and O–H groups in total. The molecule has 2 aromatic rings. The fourth-order valence-corrected chi connectivity index (χ4v) is 2.62. The molecule has 0 radical (unpaired) electrons. The predicted octanol–water partition coefficient (Wildman–Crippen LogP) is 2.46. The number of hydrogen-bond acceptors (Lipinski definition) is 6. The zero-order valence-electron chi connectivity index (χ0n) is 12.7. The standard InChI is InChI=1S/C15H20N4O2S/c1-10(2)7-15-18-14(19-21-15)8-17-11-5-3-4-6-12(11)22-9-13(16)20/h3-6,10,17H,7-9H2,1-2H3,(H2,16,20). The molecule has 0 aliphatic carbocycles. The summed E-state index contributed by atoms with van der Waals surface area (Å²) in [5.41, 5.74) is 6.11. The monoisotopic (exact) mass is 320 g/mol. The third-order valence-corrected chi connectivity index (χ3v) is 3.88. The van der Waals surface area contributed by atoms with Gasteiger partial charge in [0.25, 0.3) is 0 Å². The molecule has 1 aromatic carbocycles. The summed E-state index contributed by atoms with van der Waals surface area (Å²) in [6, 6.07) is 7.73. The lowest BCUT2D eigenvalue weighted by Crippen LogP contribution is -2.13. The molecule has 0 bridgehead atoms. The number of carbonyl (C=O) groups excluding carboxylic acids is 1. The molecule has 0 spiro atoms. The summed E-state index contributed by atoms with van der Waals surface area (Å²) in [6.45, 7) is 4.68. The first-order chi connectivity index (χ1) is 10.5. The van der Waals surface area contributed by atoms with E-state index in [1.54, 1.807) is 0 Å². The average molecular weight is 320 g/mol. The average Bonchev–Trinajstić information content (AvgIpc) is 2.90. The number of para-hydroxylation sites is 1. The van der Waals surface area contributed by atoms with E-state index in [2.05, 4.69) is 29.3 Å². The van der Waals surface area contributed by atoms with E-state index in [4.69, 9.17) is 10.3 Å². The minimum absolute atomic E-state index is 0.249. The first-order valence-electron chi connectivity index (χ1n) is 7.10. The van der Waals surface area contributed by atoms with Crippen molar-refractivity contribution >= 4 is 23.4 Å². The van der Waals surface area contributed by atoms with Gasteiger partial charge in [0.15, 0.2) is 5.82 Å². The van der Waals surface area contributed by atoms with Crippen molar-refractivity contribution in [1.82, 2.24) is 10.1 Å². The molecule has 0 saturated heterocycles. The van der Waals surface area contributed by atoms with Crippen LogP contribution in [0.3, 0.4) is 0 Å². The van der Waals surface area contributed by atoms with Crippen molar-refractivity contribution in [2.24, 2.45) is 11.7 Å². The number of anilines is 1. The number of carbonyl (C=O) groups is 1. The normalized spacial score (nSPS) is 10.9. The summed E-state index contributed by atoms with van der Waals surface area (Å²) < 4.78 is 5.21. The number of amides is 1. The van der Waals surface area contributed by atoms with Crippen molar-refractivity contribution in [1.29, 1.82) is 0 Å². The van der Waals surface area contributed by atoms with Crippen LogP contribution in [-0.4, -0.2) is 21.8 Å². The van der Waals surface area contributed by atoms with Crippen LogP contribution in [0.25, 0.3) is 0 Å². The molecule has 2 rings (SSSR count). The zero-order chi connectivity index (χ0) is 15.9. The first-order valence-corrected chi connectivity index (χ1v) is 8.08. The maximum absolute atomic E-state index is 10.9. The zero-order valence-corrected chi connectivity index (χ0v) is 13.5. The number of nitrogens with one attached hydrogen (secondary N) is 1. The van der Waals surface area contributed by atoms with Crippen LogP contribution in [0, 0.1) is 5.92 Å². The maximum atomic E-state index is 10.9. The Hall–Kier alpha value is -2.02. The second-order valence-corrected chi connectivity index (χ2v) is 6.32. The van der Waals surface area contributed by atoms with Gasteiger partial charge in [0.05, 0.1) is 12.3 Å². The highest BCUT2D eigenvalue weighted by Gasteiger charge is 2.09. The Balaban J connectivity index is 1.96. The number of primary amides is 1. The van der Waals surface area contributed by atoms with Crippen LogP contribution < -0.4 is 11.1 Å². The lowest BCUT2D eigenvalue weighted by atomic mass is 10.1. The largest absolute Gasteiger partial charge is 0.377 e. The van der Waals surface area contributed by atoms with Crippen LogP contribution in [-0.2, 0) is 17.8 Å². The molecular weight excluding hydrogens is 300 g/mol. The van der Waals surface area contributed by atoms with Crippen molar-refractivity contribution in [2.45, 2.75) is 31.7 Å². The lowest BCUT2D eigenvalue weighted by molar-refractivity contribution is -0.115. The number of hydrogen-bond donors (Lipinski definition) is 2. The summed E-state index contributed by atoms with van der Waals surface area (Å²) in [4.78, 5) is 16.2. The van der Waals surface area contributed by atoms with E-state index in [9.17, 15) is 4.79 Å². The molecule has 1 amide bonds. The Morgan fingerprint density at radius 2 is 2.18 bits per heavy atom. The van der Waals surface area contributed by atoms with Gasteiger partial charge < -0.3 is 15.6 Å². The van der Waals surface area contributed by atoms with E-state index in [1.807, 2.05) is 24.3 Å². The Morgan fingerprint density at radius 1 is 1.41 bits per heavy atom. The molecule has 1 heterocycles. The molecule has 0 atom stereocenters. The van der Waals surface area contributed by atoms with Gasteiger partial charge in [-0.15, -0.1) is 11.8 Å². The van der Waals surface area contributed by atoms with Crippen molar-refractivity contribution in [3.05, 3.63) is 36.0 Å². The molecule has 0 aliphatic rings. The van der Waals surface area contributed by atoms with Gasteiger partial charge in [-0.25, -0.2) is 0 Å². The molecule has 118 valence electrons. The highest BCUT2D eigenvalue weighted by atomic mass is 32.2. The van der Waals surface area contributed by atoms with Gasteiger partial charge >= 0.3 is 0 Å². The van der Waals surface area contributed by atoms with E-state index >= 15 is 0 Å². The van der Waals surface area contributed by atoms with Crippen molar-refractivity contribution in [3.8, 4) is 0 Å². The van der Waals surface area contributed by atoms with Crippen LogP contribution in [0.2, 0.25) is 0 Å². The Morgan fingerprint density at radius 3 is 2.91 bits per heavy atom. The number of aromatic nitrogens is 2. The van der Waals surface area contributed by atoms with E-state index < -0.39 is 0 Å². The number of nitrogens with two attached hydrogens (primary N) is 1. The molecule has 1 aromatic heterocycles. The molecule has 0 aliphatic heterocycles. The fourth-order valence-electron chi connectivity index (χ4n) is 1.86. The summed E-state index contributed by atoms with van der Waals surface area (Å²) in [7, 11) is 0. The summed E-state index contributed by atoms with van der Waals surface area (Å²) in [5, 5.41) is 7.22. The van der Waals surface area contributed by atoms with Gasteiger partial charge in [-0.05, 0) is 18.1 Å². The molecule has 6 nitrogen and oxygen atoms in total. The minimum Gasteiger partial charge on any atom is -0.377 e. The fraction of sp³-hybridized carbons (Fsp3) is 0.400. The SMILES string of the molecule is CC(C)Cc1nc(CNc2ccccc2SCC(N)=O)no1. The highest BCUT2D eigenvalue weighted by Crippen LogP contribution is 2.26. The third-order valence-electron chi connectivity index (χ3n) is 2.79. The number of benzene rings is 1.